The minimum Gasteiger partial charge on any atom is -0.298 e. The van der Waals surface area contributed by atoms with Gasteiger partial charge < -0.3 is 0 Å². The maximum atomic E-state index is 4.70. The van der Waals surface area contributed by atoms with Crippen molar-refractivity contribution in [3.63, 3.8) is 0 Å². The van der Waals surface area contributed by atoms with Gasteiger partial charge in [-0.25, -0.2) is 0 Å². The van der Waals surface area contributed by atoms with Crippen LogP contribution in [0.4, 0.5) is 0 Å². The predicted octanol–water partition coefficient (Wildman–Crippen LogP) is 3.27. The Balaban J connectivity index is 1.37. The summed E-state index contributed by atoms with van der Waals surface area (Å²) in [6, 6.07) is 10.7. The van der Waals surface area contributed by atoms with Crippen LogP contribution >= 0.6 is 0 Å². The van der Waals surface area contributed by atoms with E-state index in [0.29, 0.717) is 5.41 Å². The quantitative estimate of drug-likeness (QED) is 0.858. The Morgan fingerprint density at radius 1 is 0.960 bits per heavy atom. The fraction of sp³-hybridized carbons (Fsp3) is 0.524. The van der Waals surface area contributed by atoms with Gasteiger partial charge in [0.1, 0.15) is 0 Å². The number of rotatable bonds is 4. The smallest absolute Gasteiger partial charge is 0.0547 e. The Labute approximate surface area is 150 Å². The van der Waals surface area contributed by atoms with Crippen LogP contribution in [0.2, 0.25) is 0 Å². The minimum atomic E-state index is 0.481. The summed E-state index contributed by atoms with van der Waals surface area (Å²) in [5, 5.41) is 0. The fourth-order valence-corrected chi connectivity index (χ4v) is 4.60. The molecule has 0 unspecified atom stereocenters. The van der Waals surface area contributed by atoms with E-state index in [1.165, 1.54) is 56.7 Å². The SMILES string of the molecule is Cc1cccc(CN2CCC[C@]3(CCN(Cc4ccncc4)C3)C2)n1. The molecule has 2 saturated heterocycles. The molecule has 132 valence electrons. The molecule has 4 heteroatoms. The van der Waals surface area contributed by atoms with Crippen molar-refractivity contribution < 1.29 is 0 Å². The molecule has 4 nitrogen and oxygen atoms in total. The number of aryl methyl sites for hydroxylation is 1. The molecule has 4 heterocycles. The van der Waals surface area contributed by atoms with Gasteiger partial charge in [-0.2, -0.15) is 0 Å². The highest BCUT2D eigenvalue weighted by Crippen LogP contribution is 2.39. The van der Waals surface area contributed by atoms with Gasteiger partial charge in [0.25, 0.3) is 0 Å². The summed E-state index contributed by atoms with van der Waals surface area (Å²) in [4.78, 5) is 14.1. The molecule has 0 radical (unpaired) electrons. The van der Waals surface area contributed by atoms with Gasteiger partial charge in [0, 0.05) is 44.3 Å². The Morgan fingerprint density at radius 3 is 2.56 bits per heavy atom. The van der Waals surface area contributed by atoms with Gasteiger partial charge in [0.15, 0.2) is 0 Å². The fourth-order valence-electron chi connectivity index (χ4n) is 4.60. The summed E-state index contributed by atoms with van der Waals surface area (Å²) in [6.07, 6.45) is 7.82. The highest BCUT2D eigenvalue weighted by molar-refractivity contribution is 5.11. The van der Waals surface area contributed by atoms with Crippen LogP contribution in [0.3, 0.4) is 0 Å². The average molecular weight is 336 g/mol. The molecule has 0 saturated carbocycles. The first kappa shape index (κ1) is 16.7. The Morgan fingerprint density at radius 2 is 1.76 bits per heavy atom. The van der Waals surface area contributed by atoms with Crippen molar-refractivity contribution in [1.82, 2.24) is 19.8 Å². The third kappa shape index (κ3) is 4.07. The summed E-state index contributed by atoms with van der Waals surface area (Å²) in [7, 11) is 0. The largest absolute Gasteiger partial charge is 0.298 e. The number of hydrogen-bond donors (Lipinski definition) is 0. The summed E-state index contributed by atoms with van der Waals surface area (Å²) < 4.78 is 0. The van der Waals surface area contributed by atoms with Crippen molar-refractivity contribution in [3.8, 4) is 0 Å². The van der Waals surface area contributed by atoms with Crippen LogP contribution in [0.5, 0.6) is 0 Å². The highest BCUT2D eigenvalue weighted by Gasteiger charge is 2.41. The number of hydrogen-bond acceptors (Lipinski definition) is 4. The van der Waals surface area contributed by atoms with Crippen LogP contribution in [0.15, 0.2) is 42.7 Å². The van der Waals surface area contributed by atoms with Gasteiger partial charge in [0.2, 0.25) is 0 Å². The van der Waals surface area contributed by atoms with E-state index in [-0.39, 0.29) is 0 Å². The Bertz CT molecular complexity index is 702. The first-order valence-corrected chi connectivity index (χ1v) is 9.47. The maximum absolute atomic E-state index is 4.70. The molecule has 2 aromatic rings. The number of aromatic nitrogens is 2. The molecular weight excluding hydrogens is 308 g/mol. The van der Waals surface area contributed by atoms with E-state index in [1.54, 1.807) is 0 Å². The predicted molar refractivity (Wildman–Crippen MR) is 100 cm³/mol. The maximum Gasteiger partial charge on any atom is 0.0547 e. The van der Waals surface area contributed by atoms with Crippen molar-refractivity contribution >= 4 is 0 Å². The third-order valence-corrected chi connectivity index (χ3v) is 5.74. The highest BCUT2D eigenvalue weighted by atomic mass is 15.2. The molecular formula is C21H28N4. The molecule has 4 rings (SSSR count). The zero-order valence-electron chi connectivity index (χ0n) is 15.2. The first-order chi connectivity index (χ1) is 12.2. The van der Waals surface area contributed by atoms with Crippen molar-refractivity contribution in [2.45, 2.75) is 39.3 Å². The van der Waals surface area contributed by atoms with Gasteiger partial charge in [-0.15, -0.1) is 0 Å². The van der Waals surface area contributed by atoms with E-state index in [2.05, 4.69) is 52.0 Å². The standard InChI is InChI=1S/C21H28N4/c1-18-4-2-5-20(23-18)15-24-12-3-8-21(16-24)9-13-25(17-21)14-19-6-10-22-11-7-19/h2,4-7,10-11H,3,8-9,12-17H2,1H3/t21-/m0/s1. The number of piperidine rings is 1. The van der Waals surface area contributed by atoms with Crippen LogP contribution in [-0.2, 0) is 13.1 Å². The van der Waals surface area contributed by atoms with Gasteiger partial charge >= 0.3 is 0 Å². The van der Waals surface area contributed by atoms with E-state index < -0.39 is 0 Å². The molecule has 2 aromatic heterocycles. The zero-order valence-corrected chi connectivity index (χ0v) is 15.2. The van der Waals surface area contributed by atoms with Gasteiger partial charge in [-0.1, -0.05) is 6.07 Å². The monoisotopic (exact) mass is 336 g/mol. The zero-order chi connectivity index (χ0) is 17.1. The molecule has 2 aliphatic rings. The molecule has 25 heavy (non-hydrogen) atoms. The minimum absolute atomic E-state index is 0.481. The lowest BCUT2D eigenvalue weighted by Gasteiger charge is -2.40. The Kier molecular flexibility index (Phi) is 4.82. The molecule has 1 spiro atoms. The van der Waals surface area contributed by atoms with Gasteiger partial charge in [-0.3, -0.25) is 19.8 Å². The normalized spacial score (nSPS) is 24.8. The van der Waals surface area contributed by atoms with Crippen LogP contribution in [0.1, 0.15) is 36.2 Å². The van der Waals surface area contributed by atoms with Gasteiger partial charge in [-0.05, 0) is 74.5 Å². The second kappa shape index (κ2) is 7.22. The molecule has 0 aromatic carbocycles. The van der Waals surface area contributed by atoms with Crippen molar-refractivity contribution in [1.29, 1.82) is 0 Å². The molecule has 0 bridgehead atoms. The molecule has 0 aliphatic carbocycles. The molecule has 1 atom stereocenters. The lowest BCUT2D eigenvalue weighted by Crippen LogP contribution is -2.44. The van der Waals surface area contributed by atoms with E-state index >= 15 is 0 Å². The van der Waals surface area contributed by atoms with E-state index in [0.717, 1.165) is 18.8 Å². The van der Waals surface area contributed by atoms with E-state index in [1.807, 2.05) is 12.4 Å². The first-order valence-electron chi connectivity index (χ1n) is 9.47. The van der Waals surface area contributed by atoms with Crippen molar-refractivity contribution in [2.75, 3.05) is 26.2 Å². The van der Waals surface area contributed by atoms with Gasteiger partial charge in [0.05, 0.1) is 5.69 Å². The number of likely N-dealkylation sites (tertiary alicyclic amines) is 2. The summed E-state index contributed by atoms with van der Waals surface area (Å²) >= 11 is 0. The van der Waals surface area contributed by atoms with Crippen LogP contribution in [0, 0.1) is 12.3 Å². The van der Waals surface area contributed by atoms with Crippen LogP contribution in [0.25, 0.3) is 0 Å². The number of pyridine rings is 2. The Hall–Kier alpha value is -1.78. The number of nitrogens with zero attached hydrogens (tertiary/aromatic N) is 4. The van der Waals surface area contributed by atoms with Crippen LogP contribution in [-0.4, -0.2) is 45.9 Å². The molecule has 2 aliphatic heterocycles. The van der Waals surface area contributed by atoms with E-state index in [9.17, 15) is 0 Å². The molecule has 0 N–H and O–H groups in total. The lowest BCUT2D eigenvalue weighted by molar-refractivity contribution is 0.0857. The summed E-state index contributed by atoms with van der Waals surface area (Å²) in [5.41, 5.74) is 4.19. The summed E-state index contributed by atoms with van der Waals surface area (Å²) in [6.45, 7) is 9.01. The van der Waals surface area contributed by atoms with Crippen LogP contribution < -0.4 is 0 Å². The summed E-state index contributed by atoms with van der Waals surface area (Å²) in [5.74, 6) is 0. The molecule has 0 amide bonds. The van der Waals surface area contributed by atoms with E-state index in [4.69, 9.17) is 4.98 Å². The average Bonchev–Trinajstić information content (AvgIpc) is 2.97. The molecule has 2 fully saturated rings. The second-order valence-corrected chi connectivity index (χ2v) is 7.90. The van der Waals surface area contributed by atoms with Crippen molar-refractivity contribution in [3.05, 3.63) is 59.7 Å². The second-order valence-electron chi connectivity index (χ2n) is 7.90. The van der Waals surface area contributed by atoms with Crippen molar-refractivity contribution in [2.24, 2.45) is 5.41 Å². The third-order valence-electron chi connectivity index (χ3n) is 5.74. The lowest BCUT2D eigenvalue weighted by atomic mass is 9.79. The topological polar surface area (TPSA) is 32.3 Å².